The van der Waals surface area contributed by atoms with Crippen LogP contribution in [0, 0.1) is 0 Å². The number of rotatable bonds is 17. The minimum Gasteiger partial charge on any atom is -0.450 e. The molecule has 0 bridgehead atoms. The number of aromatic nitrogens is 4. The fourth-order valence-corrected chi connectivity index (χ4v) is 26.5. The van der Waals surface area contributed by atoms with Gasteiger partial charge in [0, 0.05) is 50.7 Å². The fraction of sp³-hybridized carbons (Fsp3) is 0.679. The van der Waals surface area contributed by atoms with E-state index in [1.165, 1.54) is 66.9 Å². The number of pyridine rings is 2. The maximum atomic E-state index is 12.0. The van der Waals surface area contributed by atoms with Gasteiger partial charge in [-0.2, -0.15) is 0 Å². The van der Waals surface area contributed by atoms with Crippen LogP contribution in [0.3, 0.4) is 0 Å². The Labute approximate surface area is 440 Å². The summed E-state index contributed by atoms with van der Waals surface area (Å²) in [7, 11) is 0. The van der Waals surface area contributed by atoms with Gasteiger partial charge in [-0.15, -0.1) is 0 Å². The molecule has 0 aliphatic carbocycles. The number of oxazole rings is 2. The predicted molar refractivity (Wildman–Crippen MR) is 290 cm³/mol. The van der Waals surface area contributed by atoms with Crippen LogP contribution in [-0.4, -0.2) is 148 Å². The van der Waals surface area contributed by atoms with Crippen LogP contribution in [0.15, 0.2) is 70.4 Å². The Hall–Kier alpha value is -3.73. The van der Waals surface area contributed by atoms with Crippen LogP contribution in [0.5, 0.6) is 0 Å². The van der Waals surface area contributed by atoms with Crippen LogP contribution in [0.25, 0.3) is 11.6 Å². The Morgan fingerprint density at radius 1 is 0.583 bits per heavy atom. The molecule has 72 heavy (non-hydrogen) atoms. The number of amides is 2. The molecule has 4 aromatic heterocycles. The summed E-state index contributed by atoms with van der Waals surface area (Å²) in [5.74, 6) is 1.59. The summed E-state index contributed by atoms with van der Waals surface area (Å²) in [6.45, 7) is 19.1. The normalized spacial score (nSPS) is 19.8. The van der Waals surface area contributed by atoms with Gasteiger partial charge in [0.2, 0.25) is 5.89 Å². The maximum Gasteiger partial charge on any atom is 0.409 e. The van der Waals surface area contributed by atoms with Gasteiger partial charge in [-0.25, -0.2) is 19.6 Å². The average Bonchev–Trinajstić information content (AvgIpc) is 4.05. The van der Waals surface area contributed by atoms with Gasteiger partial charge < -0.3 is 33.5 Å². The first-order valence-corrected chi connectivity index (χ1v) is 35.8. The van der Waals surface area contributed by atoms with Crippen molar-refractivity contribution in [3.8, 4) is 11.6 Å². The molecule has 0 radical (unpaired) electrons. The monoisotopic (exact) mass is 1120 g/mol. The number of likely N-dealkylation sites (tertiary alicyclic amines) is 4. The second-order valence-corrected chi connectivity index (χ2v) is 33.4. The van der Waals surface area contributed by atoms with Crippen LogP contribution >= 0.6 is 11.6 Å². The van der Waals surface area contributed by atoms with Crippen molar-refractivity contribution in [2.24, 2.45) is 0 Å². The third-order valence-corrected chi connectivity index (χ3v) is 30.4. The predicted octanol–water partition coefficient (Wildman–Crippen LogP) is 12.6. The molecule has 2 amide bonds. The maximum absolute atomic E-state index is 12.0. The number of carbonyl (C=O) groups excluding carboxylic acids is 2. The van der Waals surface area contributed by atoms with Crippen molar-refractivity contribution in [3.05, 3.63) is 77.9 Å². The van der Waals surface area contributed by atoms with E-state index < -0.39 is 18.4 Å². The Balaban J connectivity index is 0.000000182. The van der Waals surface area contributed by atoms with Crippen LogP contribution in [0.4, 0.5) is 9.59 Å². The number of hydrogen-bond acceptors (Lipinski definition) is 12. The molecule has 4 saturated heterocycles. The molecule has 8 heterocycles. The van der Waals surface area contributed by atoms with Gasteiger partial charge in [0.05, 0.1) is 19.4 Å². The molecule has 8 rings (SSSR count). The van der Waals surface area contributed by atoms with Crippen LogP contribution in [-0.2, 0) is 9.47 Å². The molecule has 2 unspecified atom stereocenters. The zero-order valence-corrected chi connectivity index (χ0v) is 48.1. The summed E-state index contributed by atoms with van der Waals surface area (Å²) in [4.78, 5) is 50.6. The van der Waals surface area contributed by atoms with Crippen LogP contribution in [0.1, 0.15) is 160 Å². The van der Waals surface area contributed by atoms with Gasteiger partial charge >= 0.3 is 129 Å². The van der Waals surface area contributed by atoms with E-state index in [4.69, 9.17) is 29.9 Å². The number of hydrogen-bond donors (Lipinski definition) is 0. The topological polar surface area (TPSA) is 143 Å². The summed E-state index contributed by atoms with van der Waals surface area (Å²) in [5, 5.41) is 0.653. The van der Waals surface area contributed by atoms with Gasteiger partial charge in [-0.05, 0) is 139 Å². The summed E-state index contributed by atoms with van der Waals surface area (Å²) in [5.41, 5.74) is 3.30. The first-order valence-electron chi connectivity index (χ1n) is 27.9. The third-order valence-electron chi connectivity index (χ3n) is 15.6. The first-order chi connectivity index (χ1) is 35.2. The van der Waals surface area contributed by atoms with E-state index in [2.05, 4.69) is 62.6 Å². The third kappa shape index (κ3) is 16.9. The molecular weight excluding hydrogens is 1030 g/mol. The molecule has 14 nitrogen and oxygen atoms in total. The van der Waals surface area contributed by atoms with E-state index in [1.807, 2.05) is 42.0 Å². The quantitative estimate of drug-likeness (QED) is 0.0733. The van der Waals surface area contributed by atoms with Crippen molar-refractivity contribution in [2.75, 3.05) is 65.6 Å². The minimum atomic E-state index is -2.31. The van der Waals surface area contributed by atoms with E-state index in [0.717, 1.165) is 122 Å². The largest absolute Gasteiger partial charge is 0.450 e. The van der Waals surface area contributed by atoms with E-state index in [0.29, 0.717) is 48.2 Å². The van der Waals surface area contributed by atoms with E-state index >= 15 is 0 Å². The van der Waals surface area contributed by atoms with Crippen molar-refractivity contribution >= 4 is 46.1 Å². The Morgan fingerprint density at radius 3 is 1.53 bits per heavy atom. The molecule has 398 valence electrons. The number of nitrogens with zero attached hydrogens (tertiary/aromatic N) is 8. The fourth-order valence-electron chi connectivity index (χ4n) is 11.5. The SMILES string of the molecule is CCC[CH2][Sn]([CH2]CCC)([CH2]CCC)[c]1ncco1.CCOC(=O)N1CCCC(N2CCC(c3cccnc3-c3ncco3)CC2)CC1.CCOC(=O)N1CCCC(N2CCC(c3cccnc3Cl)CC2)CC1. The molecule has 16 heteroatoms. The van der Waals surface area contributed by atoms with Gasteiger partial charge in [-0.1, -0.05) is 23.7 Å². The van der Waals surface area contributed by atoms with E-state index in [1.54, 1.807) is 31.1 Å². The van der Waals surface area contributed by atoms with E-state index in [-0.39, 0.29) is 12.2 Å². The summed E-state index contributed by atoms with van der Waals surface area (Å²) >= 11 is 3.95. The second kappa shape index (κ2) is 31.2. The van der Waals surface area contributed by atoms with Crippen LogP contribution < -0.4 is 3.91 Å². The smallest absolute Gasteiger partial charge is 0.409 e. The molecule has 0 saturated carbocycles. The van der Waals surface area contributed by atoms with Gasteiger partial charge in [0.1, 0.15) is 17.1 Å². The minimum absolute atomic E-state index is 0.159. The molecule has 0 N–H and O–H groups in total. The summed E-state index contributed by atoms with van der Waals surface area (Å²) in [6.07, 6.45) is 29.1. The first kappa shape index (κ1) is 57.5. The molecule has 4 aliphatic rings. The van der Waals surface area contributed by atoms with E-state index in [9.17, 15) is 9.59 Å². The van der Waals surface area contributed by atoms with Crippen LogP contribution in [0.2, 0.25) is 18.5 Å². The zero-order valence-electron chi connectivity index (χ0n) is 44.5. The average molecular weight is 1120 g/mol. The molecule has 2 atom stereocenters. The Bertz CT molecular complexity index is 2090. The summed E-state index contributed by atoms with van der Waals surface area (Å²) in [6, 6.07) is 9.38. The van der Waals surface area contributed by atoms with Gasteiger partial charge in [0.15, 0.2) is 0 Å². The number of piperidine rings is 2. The van der Waals surface area contributed by atoms with Crippen molar-refractivity contribution in [1.82, 2.24) is 39.5 Å². The van der Waals surface area contributed by atoms with Crippen molar-refractivity contribution in [1.29, 1.82) is 0 Å². The standard InChI is InChI=1S/C22H30N4O3.C19H28ClN3O2.3C4H9.C3H2NO.Sn/c1-2-28-22(27)26-12-4-5-18(9-15-26)25-13-7-17(8-14-25)19-6-3-10-23-20(19)21-24-11-16-29-21;1-2-25-19(24)23-11-4-5-16(9-14-23)22-12-7-15(8-13-22)17-6-3-10-21-18(17)20;3*1-3-4-2;1-2-5-3-4-1;/h3,6,10-11,16-18H,2,4-5,7-9,12-15H2,1H3;3,6,10,15-16H,2,4-5,7-9,11-14H2,1H3;3*1,3-4H2,2H3;1-2H;. The zero-order chi connectivity index (χ0) is 51.0. The van der Waals surface area contributed by atoms with Crippen molar-refractivity contribution in [2.45, 2.75) is 175 Å². The van der Waals surface area contributed by atoms with Gasteiger partial charge in [-0.3, -0.25) is 4.98 Å². The molecule has 4 aromatic rings. The van der Waals surface area contributed by atoms with Crippen molar-refractivity contribution < 1.29 is 27.9 Å². The molecule has 4 fully saturated rings. The van der Waals surface area contributed by atoms with Gasteiger partial charge in [0.25, 0.3) is 0 Å². The Kier molecular flexibility index (Phi) is 25.0. The molecule has 0 spiro atoms. The molecule has 0 aromatic carbocycles. The molecule has 4 aliphatic heterocycles. The molecular formula is C56H87ClN8O6Sn. The summed E-state index contributed by atoms with van der Waals surface area (Å²) < 4.78 is 27.1. The number of carbonyl (C=O) groups is 2. The second-order valence-electron chi connectivity index (χ2n) is 20.3. The Morgan fingerprint density at radius 2 is 1.07 bits per heavy atom. The number of halogens is 1. The number of unbranched alkanes of at least 4 members (excludes halogenated alkanes) is 3. The number of ether oxygens (including phenoxy) is 2. The van der Waals surface area contributed by atoms with Crippen molar-refractivity contribution in [3.63, 3.8) is 0 Å².